The predicted octanol–water partition coefficient (Wildman–Crippen LogP) is 4.60. The summed E-state index contributed by atoms with van der Waals surface area (Å²) in [6, 6.07) is 14.0. The molecule has 21 heavy (non-hydrogen) atoms. The Morgan fingerprint density at radius 1 is 1.14 bits per heavy atom. The minimum atomic E-state index is 0.0652. The van der Waals surface area contributed by atoms with Crippen molar-refractivity contribution >= 4 is 22.6 Å². The van der Waals surface area contributed by atoms with Crippen molar-refractivity contribution in [2.75, 3.05) is 7.11 Å². The number of methoxy groups -OCH3 is 1. The van der Waals surface area contributed by atoms with Gasteiger partial charge in [0.2, 0.25) is 0 Å². The van der Waals surface area contributed by atoms with Gasteiger partial charge in [-0.15, -0.1) is 0 Å². The Labute approximate surface area is 129 Å². The van der Waals surface area contributed by atoms with Crippen molar-refractivity contribution in [3.05, 3.63) is 53.1 Å². The van der Waals surface area contributed by atoms with Crippen LogP contribution in [0, 0.1) is 0 Å². The fourth-order valence-electron chi connectivity index (χ4n) is 2.46. The zero-order chi connectivity index (χ0) is 15.0. The minimum absolute atomic E-state index is 0.0652. The average molecular weight is 301 g/mol. The van der Waals surface area contributed by atoms with Crippen molar-refractivity contribution in [1.29, 1.82) is 0 Å². The van der Waals surface area contributed by atoms with E-state index in [9.17, 15) is 0 Å². The van der Waals surface area contributed by atoms with Gasteiger partial charge in [0.15, 0.2) is 0 Å². The summed E-state index contributed by atoms with van der Waals surface area (Å²) in [5.41, 5.74) is 4.26. The van der Waals surface area contributed by atoms with Gasteiger partial charge in [0.05, 0.1) is 17.1 Å². The molecule has 0 spiro atoms. The Kier molecular flexibility index (Phi) is 3.70. The standard InChI is InChI=1S/C17H17ClN2O/c1-11(21-3)13-6-9-16-15(10-13)19-17(20(16)2)12-4-7-14(18)8-5-12/h4-11H,1-3H3. The summed E-state index contributed by atoms with van der Waals surface area (Å²) in [4.78, 5) is 4.75. The molecule has 0 N–H and O–H groups in total. The van der Waals surface area contributed by atoms with Gasteiger partial charge in [0.1, 0.15) is 5.82 Å². The van der Waals surface area contributed by atoms with Crippen LogP contribution in [0.2, 0.25) is 5.02 Å². The molecule has 3 rings (SSSR count). The molecule has 0 aliphatic carbocycles. The van der Waals surface area contributed by atoms with Gasteiger partial charge in [-0.3, -0.25) is 0 Å². The van der Waals surface area contributed by atoms with Crippen molar-refractivity contribution in [2.24, 2.45) is 7.05 Å². The Balaban J connectivity index is 2.12. The van der Waals surface area contributed by atoms with E-state index in [1.807, 2.05) is 38.2 Å². The van der Waals surface area contributed by atoms with Crippen LogP contribution < -0.4 is 0 Å². The van der Waals surface area contributed by atoms with E-state index in [1.54, 1.807) is 7.11 Å². The van der Waals surface area contributed by atoms with E-state index in [1.165, 1.54) is 0 Å². The fraction of sp³-hybridized carbons (Fsp3) is 0.235. The molecule has 3 nitrogen and oxygen atoms in total. The van der Waals surface area contributed by atoms with Gasteiger partial charge in [0.25, 0.3) is 0 Å². The highest BCUT2D eigenvalue weighted by atomic mass is 35.5. The SMILES string of the molecule is COC(C)c1ccc2c(c1)nc(-c1ccc(Cl)cc1)n2C. The lowest BCUT2D eigenvalue weighted by atomic mass is 10.1. The number of halogens is 1. The molecule has 4 heteroatoms. The van der Waals surface area contributed by atoms with Crippen LogP contribution in [0.4, 0.5) is 0 Å². The topological polar surface area (TPSA) is 27.1 Å². The first kappa shape index (κ1) is 14.1. The van der Waals surface area contributed by atoms with Gasteiger partial charge in [-0.05, 0) is 48.9 Å². The van der Waals surface area contributed by atoms with Crippen molar-refractivity contribution < 1.29 is 4.74 Å². The first-order chi connectivity index (χ1) is 10.1. The molecular formula is C17H17ClN2O. The number of fused-ring (bicyclic) bond motifs is 1. The van der Waals surface area contributed by atoms with Crippen LogP contribution >= 0.6 is 11.6 Å². The van der Waals surface area contributed by atoms with Gasteiger partial charge < -0.3 is 9.30 Å². The molecule has 1 atom stereocenters. The van der Waals surface area contributed by atoms with Crippen LogP contribution in [-0.4, -0.2) is 16.7 Å². The summed E-state index contributed by atoms with van der Waals surface area (Å²) in [7, 11) is 3.74. The molecule has 3 aromatic rings. The molecule has 108 valence electrons. The van der Waals surface area contributed by atoms with Crippen LogP contribution in [0.15, 0.2) is 42.5 Å². The zero-order valence-electron chi connectivity index (χ0n) is 12.3. The number of hydrogen-bond acceptors (Lipinski definition) is 2. The Morgan fingerprint density at radius 3 is 2.52 bits per heavy atom. The van der Waals surface area contributed by atoms with E-state index >= 15 is 0 Å². The summed E-state index contributed by atoms with van der Waals surface area (Å²) in [6.45, 7) is 2.03. The third-order valence-corrected chi connectivity index (χ3v) is 4.08. The Morgan fingerprint density at radius 2 is 1.86 bits per heavy atom. The molecule has 1 heterocycles. The molecule has 1 aromatic heterocycles. The van der Waals surface area contributed by atoms with Crippen LogP contribution in [0.5, 0.6) is 0 Å². The lowest BCUT2D eigenvalue weighted by Crippen LogP contribution is -1.95. The number of nitrogens with zero attached hydrogens (tertiary/aromatic N) is 2. The molecule has 0 aliphatic heterocycles. The molecule has 0 saturated carbocycles. The van der Waals surface area contributed by atoms with Crippen molar-refractivity contribution in [2.45, 2.75) is 13.0 Å². The molecular weight excluding hydrogens is 284 g/mol. The lowest BCUT2D eigenvalue weighted by molar-refractivity contribution is 0.119. The van der Waals surface area contributed by atoms with Gasteiger partial charge in [-0.25, -0.2) is 4.98 Å². The highest BCUT2D eigenvalue weighted by Gasteiger charge is 2.12. The fourth-order valence-corrected chi connectivity index (χ4v) is 2.59. The first-order valence-electron chi connectivity index (χ1n) is 6.85. The number of hydrogen-bond donors (Lipinski definition) is 0. The maximum absolute atomic E-state index is 5.95. The second-order valence-electron chi connectivity index (χ2n) is 5.13. The molecule has 0 saturated heterocycles. The largest absolute Gasteiger partial charge is 0.377 e. The van der Waals surface area contributed by atoms with E-state index < -0.39 is 0 Å². The van der Waals surface area contributed by atoms with E-state index in [0.29, 0.717) is 0 Å². The molecule has 0 radical (unpaired) electrons. The summed E-state index contributed by atoms with van der Waals surface area (Å²) in [5.74, 6) is 0.934. The Hall–Kier alpha value is -1.84. The average Bonchev–Trinajstić information content (AvgIpc) is 2.84. The van der Waals surface area contributed by atoms with Gasteiger partial charge in [-0.1, -0.05) is 17.7 Å². The molecule has 0 aliphatic rings. The lowest BCUT2D eigenvalue weighted by Gasteiger charge is -2.09. The van der Waals surface area contributed by atoms with Crippen molar-refractivity contribution in [3.63, 3.8) is 0 Å². The maximum atomic E-state index is 5.95. The third kappa shape index (κ3) is 2.55. The predicted molar refractivity (Wildman–Crippen MR) is 86.6 cm³/mol. The smallest absolute Gasteiger partial charge is 0.140 e. The number of imidazole rings is 1. The molecule has 2 aromatic carbocycles. The van der Waals surface area contributed by atoms with E-state index in [-0.39, 0.29) is 6.10 Å². The number of aryl methyl sites for hydroxylation is 1. The van der Waals surface area contributed by atoms with Crippen LogP contribution in [0.1, 0.15) is 18.6 Å². The van der Waals surface area contributed by atoms with Crippen molar-refractivity contribution in [3.8, 4) is 11.4 Å². The van der Waals surface area contributed by atoms with Crippen LogP contribution in [0.3, 0.4) is 0 Å². The summed E-state index contributed by atoms with van der Waals surface area (Å²) < 4.78 is 7.47. The number of aromatic nitrogens is 2. The summed E-state index contributed by atoms with van der Waals surface area (Å²) in [6.07, 6.45) is 0.0652. The second kappa shape index (κ2) is 5.51. The maximum Gasteiger partial charge on any atom is 0.140 e. The third-order valence-electron chi connectivity index (χ3n) is 3.83. The molecule has 1 unspecified atom stereocenters. The highest BCUT2D eigenvalue weighted by Crippen LogP contribution is 2.27. The first-order valence-corrected chi connectivity index (χ1v) is 7.23. The summed E-state index contributed by atoms with van der Waals surface area (Å²) >= 11 is 5.95. The second-order valence-corrected chi connectivity index (χ2v) is 5.56. The van der Waals surface area contributed by atoms with E-state index in [4.69, 9.17) is 21.3 Å². The number of ether oxygens (including phenoxy) is 1. The number of benzene rings is 2. The zero-order valence-corrected chi connectivity index (χ0v) is 13.1. The van der Waals surface area contributed by atoms with Gasteiger partial charge >= 0.3 is 0 Å². The van der Waals surface area contributed by atoms with Crippen molar-refractivity contribution in [1.82, 2.24) is 9.55 Å². The number of rotatable bonds is 3. The van der Waals surface area contributed by atoms with Gasteiger partial charge in [-0.2, -0.15) is 0 Å². The quantitative estimate of drug-likeness (QED) is 0.707. The molecule has 0 amide bonds. The van der Waals surface area contributed by atoms with E-state index in [2.05, 4.69) is 22.8 Å². The normalized spacial score (nSPS) is 12.8. The van der Waals surface area contributed by atoms with Crippen LogP contribution in [0.25, 0.3) is 22.4 Å². The van der Waals surface area contributed by atoms with Crippen LogP contribution in [-0.2, 0) is 11.8 Å². The Bertz CT molecular complexity index is 777. The highest BCUT2D eigenvalue weighted by molar-refractivity contribution is 6.30. The van der Waals surface area contributed by atoms with E-state index in [0.717, 1.165) is 33.0 Å². The summed E-state index contributed by atoms with van der Waals surface area (Å²) in [5, 5.41) is 0.730. The monoisotopic (exact) mass is 300 g/mol. The minimum Gasteiger partial charge on any atom is -0.377 e. The molecule has 0 fully saturated rings. The molecule has 0 bridgehead atoms. The van der Waals surface area contributed by atoms with Gasteiger partial charge in [0, 0.05) is 24.7 Å².